The topological polar surface area (TPSA) is 38.4 Å². The minimum absolute atomic E-state index is 0.496. The molecule has 0 heterocycles. The normalized spacial score (nSPS) is 16.1. The van der Waals surface area contributed by atoms with Gasteiger partial charge in [0, 0.05) is 12.8 Å². The molecule has 1 aromatic carbocycles. The molecule has 2 N–H and O–H groups in total. The third-order valence-corrected chi connectivity index (χ3v) is 2.76. The summed E-state index contributed by atoms with van der Waals surface area (Å²) >= 11 is 0. The third-order valence-electron chi connectivity index (χ3n) is 2.76. The van der Waals surface area contributed by atoms with Gasteiger partial charge in [0.1, 0.15) is 0 Å². The lowest BCUT2D eigenvalue weighted by Gasteiger charge is -2.03. The molecule has 0 saturated carbocycles. The van der Waals surface area contributed by atoms with E-state index in [2.05, 4.69) is 23.2 Å². The predicted molar refractivity (Wildman–Crippen MR) is 78.4 cm³/mol. The summed E-state index contributed by atoms with van der Waals surface area (Å²) in [6.45, 7) is 0.496. The number of rotatable bonds is 4. The highest BCUT2D eigenvalue weighted by atomic mass is 14.7. The van der Waals surface area contributed by atoms with Crippen molar-refractivity contribution in [3.8, 4) is 0 Å². The second-order valence-electron chi connectivity index (χ2n) is 4.13. The first-order chi connectivity index (χ1) is 8.90. The molecule has 0 aliphatic heterocycles. The largest absolute Gasteiger partial charge is 0.327 e. The zero-order chi connectivity index (χ0) is 12.6. The van der Waals surface area contributed by atoms with Gasteiger partial charge in [0.15, 0.2) is 0 Å². The molecule has 2 rings (SSSR count). The van der Waals surface area contributed by atoms with Crippen LogP contribution in [-0.4, -0.2) is 12.8 Å². The number of nitrogens with zero attached hydrogens (tertiary/aromatic N) is 1. The minimum atomic E-state index is 0.496. The Hall–Kier alpha value is -1.93. The van der Waals surface area contributed by atoms with E-state index in [0.717, 1.165) is 24.1 Å². The fourth-order valence-corrected chi connectivity index (χ4v) is 1.84. The van der Waals surface area contributed by atoms with Crippen LogP contribution < -0.4 is 5.73 Å². The molecule has 18 heavy (non-hydrogen) atoms. The van der Waals surface area contributed by atoms with E-state index in [1.54, 1.807) is 0 Å². The predicted octanol–water partition coefficient (Wildman–Crippen LogP) is 3.33. The maximum atomic E-state index is 5.60. The lowest BCUT2D eigenvalue weighted by molar-refractivity contribution is 1.03. The molecule has 0 aromatic heterocycles. The van der Waals surface area contributed by atoms with Gasteiger partial charge in [-0.2, -0.15) is 0 Å². The average molecular weight is 238 g/mol. The standard InChI is InChI=1S/C16H18N2/c17-12-11-16(15-9-5-2-6-10-15)18-13-14-7-3-1-4-8-14/h2-3,5-11,13H,1,4,12,17H2/b16-11-,18-13+. The lowest BCUT2D eigenvalue weighted by Crippen LogP contribution is -1.95. The number of allylic oxidation sites excluding steroid dienone is 4. The first-order valence-corrected chi connectivity index (χ1v) is 6.26. The zero-order valence-electron chi connectivity index (χ0n) is 10.4. The maximum Gasteiger partial charge on any atom is 0.0674 e. The Bertz CT molecular complexity index is 493. The molecule has 2 heteroatoms. The Morgan fingerprint density at radius 1 is 1.22 bits per heavy atom. The van der Waals surface area contributed by atoms with E-state index >= 15 is 0 Å². The van der Waals surface area contributed by atoms with Crippen LogP contribution in [0.5, 0.6) is 0 Å². The van der Waals surface area contributed by atoms with Crippen LogP contribution in [-0.2, 0) is 0 Å². The van der Waals surface area contributed by atoms with Gasteiger partial charge in [-0.1, -0.05) is 48.6 Å². The fourth-order valence-electron chi connectivity index (χ4n) is 1.84. The van der Waals surface area contributed by atoms with Crippen LogP contribution in [0.15, 0.2) is 65.2 Å². The van der Waals surface area contributed by atoms with E-state index in [0.29, 0.717) is 6.54 Å². The molecule has 0 spiro atoms. The highest BCUT2D eigenvalue weighted by Crippen LogP contribution is 2.16. The highest BCUT2D eigenvalue weighted by molar-refractivity contribution is 5.87. The Morgan fingerprint density at radius 3 is 2.72 bits per heavy atom. The summed E-state index contributed by atoms with van der Waals surface area (Å²) in [5.41, 5.74) is 8.79. The lowest BCUT2D eigenvalue weighted by atomic mass is 10.1. The van der Waals surface area contributed by atoms with Gasteiger partial charge in [-0.15, -0.1) is 0 Å². The number of benzene rings is 1. The number of nitrogens with two attached hydrogens (primary N) is 1. The molecule has 0 unspecified atom stereocenters. The van der Waals surface area contributed by atoms with Crippen LogP contribution in [0.3, 0.4) is 0 Å². The summed E-state index contributed by atoms with van der Waals surface area (Å²) in [7, 11) is 0. The Morgan fingerprint density at radius 2 is 2.06 bits per heavy atom. The van der Waals surface area contributed by atoms with Gasteiger partial charge in [0.25, 0.3) is 0 Å². The van der Waals surface area contributed by atoms with Crippen molar-refractivity contribution in [2.45, 2.75) is 12.8 Å². The second kappa shape index (κ2) is 6.72. The van der Waals surface area contributed by atoms with Crippen molar-refractivity contribution in [2.75, 3.05) is 6.54 Å². The third kappa shape index (κ3) is 3.54. The maximum absolute atomic E-state index is 5.60. The molecule has 92 valence electrons. The number of hydrogen-bond acceptors (Lipinski definition) is 2. The van der Waals surface area contributed by atoms with E-state index < -0.39 is 0 Å². The molecule has 0 fully saturated rings. The second-order valence-corrected chi connectivity index (χ2v) is 4.13. The van der Waals surface area contributed by atoms with Gasteiger partial charge in [-0.05, 0) is 30.1 Å². The molecule has 1 aliphatic carbocycles. The van der Waals surface area contributed by atoms with Crippen molar-refractivity contribution in [2.24, 2.45) is 10.7 Å². The van der Waals surface area contributed by atoms with Crippen molar-refractivity contribution in [3.63, 3.8) is 0 Å². The van der Waals surface area contributed by atoms with Gasteiger partial charge in [-0.25, -0.2) is 0 Å². The number of hydrogen-bond donors (Lipinski definition) is 1. The van der Waals surface area contributed by atoms with Crippen molar-refractivity contribution >= 4 is 11.9 Å². The first kappa shape index (κ1) is 12.5. The van der Waals surface area contributed by atoms with Crippen molar-refractivity contribution in [1.29, 1.82) is 0 Å². The minimum Gasteiger partial charge on any atom is -0.327 e. The Labute approximate surface area is 108 Å². The van der Waals surface area contributed by atoms with E-state index in [9.17, 15) is 0 Å². The summed E-state index contributed by atoms with van der Waals surface area (Å²) in [6.07, 6.45) is 12.6. The van der Waals surface area contributed by atoms with E-state index in [1.165, 1.54) is 5.57 Å². The quantitative estimate of drug-likeness (QED) is 0.803. The number of aliphatic imine (C=N–C) groups is 1. The average Bonchev–Trinajstić information content (AvgIpc) is 2.45. The molecule has 0 atom stereocenters. The van der Waals surface area contributed by atoms with Crippen LogP contribution in [0.1, 0.15) is 18.4 Å². The summed E-state index contributed by atoms with van der Waals surface area (Å²) in [6, 6.07) is 10.1. The molecule has 1 aliphatic rings. The summed E-state index contributed by atoms with van der Waals surface area (Å²) < 4.78 is 0. The summed E-state index contributed by atoms with van der Waals surface area (Å²) in [4.78, 5) is 4.54. The monoisotopic (exact) mass is 238 g/mol. The van der Waals surface area contributed by atoms with Crippen LogP contribution in [0, 0.1) is 0 Å². The van der Waals surface area contributed by atoms with Gasteiger partial charge in [0.2, 0.25) is 0 Å². The fraction of sp³-hybridized carbons (Fsp3) is 0.188. The molecule has 0 saturated heterocycles. The van der Waals surface area contributed by atoms with E-state index in [4.69, 9.17) is 5.73 Å². The Balaban J connectivity index is 2.17. The Kier molecular flexibility index (Phi) is 4.68. The summed E-state index contributed by atoms with van der Waals surface area (Å²) in [5, 5.41) is 0. The first-order valence-electron chi connectivity index (χ1n) is 6.26. The molecule has 0 bridgehead atoms. The molecular formula is C16H18N2. The van der Waals surface area contributed by atoms with Gasteiger partial charge in [-0.3, -0.25) is 4.99 Å². The molecule has 2 nitrogen and oxygen atoms in total. The van der Waals surface area contributed by atoms with Gasteiger partial charge < -0.3 is 5.73 Å². The van der Waals surface area contributed by atoms with Crippen LogP contribution in [0.25, 0.3) is 5.70 Å². The van der Waals surface area contributed by atoms with Crippen LogP contribution in [0.4, 0.5) is 0 Å². The highest BCUT2D eigenvalue weighted by Gasteiger charge is 1.98. The van der Waals surface area contributed by atoms with Gasteiger partial charge in [0.05, 0.1) is 5.70 Å². The van der Waals surface area contributed by atoms with Crippen LogP contribution in [0.2, 0.25) is 0 Å². The smallest absolute Gasteiger partial charge is 0.0674 e. The molecular weight excluding hydrogens is 220 g/mol. The molecule has 0 radical (unpaired) electrons. The van der Waals surface area contributed by atoms with Gasteiger partial charge >= 0.3 is 0 Å². The van der Waals surface area contributed by atoms with E-state index in [-0.39, 0.29) is 0 Å². The van der Waals surface area contributed by atoms with Crippen LogP contribution >= 0.6 is 0 Å². The molecule has 0 amide bonds. The van der Waals surface area contributed by atoms with Crippen molar-refractivity contribution < 1.29 is 0 Å². The summed E-state index contributed by atoms with van der Waals surface area (Å²) in [5.74, 6) is 0. The van der Waals surface area contributed by atoms with Crippen molar-refractivity contribution in [1.82, 2.24) is 0 Å². The SMILES string of the molecule is NC/C=C(\N=C\C1=CCCC=C1)c1ccccc1. The molecule has 1 aromatic rings. The zero-order valence-corrected chi connectivity index (χ0v) is 10.4. The van der Waals surface area contributed by atoms with E-state index in [1.807, 2.05) is 42.6 Å². The van der Waals surface area contributed by atoms with Crippen molar-refractivity contribution in [3.05, 3.63) is 65.8 Å².